The number of aromatic nitrogens is 2. The molecule has 94 valence electrons. The summed E-state index contributed by atoms with van der Waals surface area (Å²) in [5, 5.41) is 10.7. The highest BCUT2D eigenvalue weighted by molar-refractivity contribution is 5.77. The lowest BCUT2D eigenvalue weighted by Gasteiger charge is -2.11. The summed E-state index contributed by atoms with van der Waals surface area (Å²) in [6.07, 6.45) is 3.63. The second kappa shape index (κ2) is 4.08. The molecule has 18 heavy (non-hydrogen) atoms. The second-order valence-corrected chi connectivity index (χ2v) is 5.10. The number of nitrogens with zero attached hydrogens (tertiary/aromatic N) is 2. The van der Waals surface area contributed by atoms with Crippen molar-refractivity contribution in [2.45, 2.75) is 32.1 Å². The number of imidazole rings is 1. The zero-order valence-electron chi connectivity index (χ0n) is 10.2. The first-order valence-corrected chi connectivity index (χ1v) is 6.29. The number of hydrogen-bond donors (Lipinski definition) is 1. The van der Waals surface area contributed by atoms with Gasteiger partial charge >= 0.3 is 0 Å². The normalized spacial score (nSPS) is 23.6. The SMILES string of the molecule is CC1CCCC1c1nc2ccc([N+](=O)[O-])cc2[nH]1. The van der Waals surface area contributed by atoms with Crippen molar-refractivity contribution in [3.8, 4) is 0 Å². The van der Waals surface area contributed by atoms with Gasteiger partial charge in [-0.1, -0.05) is 13.3 Å². The molecule has 2 unspecified atom stereocenters. The van der Waals surface area contributed by atoms with E-state index in [4.69, 9.17) is 0 Å². The van der Waals surface area contributed by atoms with Gasteiger partial charge in [0, 0.05) is 18.1 Å². The van der Waals surface area contributed by atoms with Crippen molar-refractivity contribution in [1.82, 2.24) is 9.97 Å². The Hall–Kier alpha value is -1.91. The van der Waals surface area contributed by atoms with Gasteiger partial charge in [0.05, 0.1) is 16.0 Å². The molecular formula is C13H15N3O2. The van der Waals surface area contributed by atoms with Crippen LogP contribution in [0.3, 0.4) is 0 Å². The summed E-state index contributed by atoms with van der Waals surface area (Å²) >= 11 is 0. The Morgan fingerprint density at radius 1 is 1.44 bits per heavy atom. The molecule has 1 aromatic carbocycles. The Balaban J connectivity index is 2.02. The minimum absolute atomic E-state index is 0.108. The van der Waals surface area contributed by atoms with Gasteiger partial charge in [0.15, 0.2) is 0 Å². The van der Waals surface area contributed by atoms with E-state index in [1.54, 1.807) is 12.1 Å². The first-order chi connectivity index (χ1) is 8.65. The molecule has 1 saturated carbocycles. The molecule has 0 bridgehead atoms. The highest BCUT2D eigenvalue weighted by Crippen LogP contribution is 2.38. The third-order valence-corrected chi connectivity index (χ3v) is 3.91. The van der Waals surface area contributed by atoms with Crippen LogP contribution in [0.1, 0.15) is 37.9 Å². The van der Waals surface area contributed by atoms with Crippen molar-refractivity contribution in [2.75, 3.05) is 0 Å². The van der Waals surface area contributed by atoms with Crippen molar-refractivity contribution >= 4 is 16.7 Å². The highest BCUT2D eigenvalue weighted by Gasteiger charge is 2.27. The summed E-state index contributed by atoms with van der Waals surface area (Å²) in [6.45, 7) is 2.24. The molecule has 0 amide bonds. The smallest absolute Gasteiger partial charge is 0.271 e. The first-order valence-electron chi connectivity index (χ1n) is 6.29. The standard InChI is InChI=1S/C13H15N3O2/c1-8-3-2-4-10(8)13-14-11-6-5-9(16(17)18)7-12(11)15-13/h5-8,10H,2-4H2,1H3,(H,14,15). The largest absolute Gasteiger partial charge is 0.342 e. The van der Waals surface area contributed by atoms with Crippen molar-refractivity contribution in [3.05, 3.63) is 34.1 Å². The van der Waals surface area contributed by atoms with Crippen molar-refractivity contribution in [2.24, 2.45) is 5.92 Å². The van der Waals surface area contributed by atoms with Crippen LogP contribution in [0.4, 0.5) is 5.69 Å². The van der Waals surface area contributed by atoms with Crippen LogP contribution in [-0.4, -0.2) is 14.9 Å². The average molecular weight is 245 g/mol. The summed E-state index contributed by atoms with van der Waals surface area (Å²) in [5.74, 6) is 2.09. The van der Waals surface area contributed by atoms with E-state index in [9.17, 15) is 10.1 Å². The first kappa shape index (κ1) is 11.2. The highest BCUT2D eigenvalue weighted by atomic mass is 16.6. The quantitative estimate of drug-likeness (QED) is 0.651. The molecule has 0 spiro atoms. The van der Waals surface area contributed by atoms with E-state index < -0.39 is 0 Å². The molecule has 1 N–H and O–H groups in total. The molecule has 1 aliphatic carbocycles. The van der Waals surface area contributed by atoms with Gasteiger partial charge in [-0.3, -0.25) is 10.1 Å². The molecule has 5 heteroatoms. The predicted molar refractivity (Wildman–Crippen MR) is 68.5 cm³/mol. The topological polar surface area (TPSA) is 71.8 Å². The Labute approximate surface area is 104 Å². The summed E-state index contributed by atoms with van der Waals surface area (Å²) in [5.41, 5.74) is 1.69. The van der Waals surface area contributed by atoms with E-state index in [2.05, 4.69) is 16.9 Å². The van der Waals surface area contributed by atoms with Gasteiger partial charge in [0.2, 0.25) is 0 Å². The number of fused-ring (bicyclic) bond motifs is 1. The summed E-state index contributed by atoms with van der Waals surface area (Å²) in [6, 6.07) is 4.78. The molecule has 0 aliphatic heterocycles. The molecule has 5 nitrogen and oxygen atoms in total. The maximum Gasteiger partial charge on any atom is 0.271 e. The van der Waals surface area contributed by atoms with Crippen LogP contribution in [0.5, 0.6) is 0 Å². The molecule has 1 aromatic heterocycles. The molecule has 2 atom stereocenters. The molecule has 1 heterocycles. The van der Waals surface area contributed by atoms with Crippen LogP contribution in [0.2, 0.25) is 0 Å². The van der Waals surface area contributed by atoms with Crippen molar-refractivity contribution in [1.29, 1.82) is 0 Å². The van der Waals surface area contributed by atoms with Gasteiger partial charge in [0.25, 0.3) is 5.69 Å². The fourth-order valence-electron chi connectivity index (χ4n) is 2.86. The minimum atomic E-state index is -0.377. The fourth-order valence-corrected chi connectivity index (χ4v) is 2.86. The van der Waals surface area contributed by atoms with E-state index in [-0.39, 0.29) is 10.6 Å². The number of non-ortho nitro benzene ring substituents is 1. The van der Waals surface area contributed by atoms with Crippen LogP contribution < -0.4 is 0 Å². The van der Waals surface area contributed by atoms with Crippen LogP contribution in [0.25, 0.3) is 11.0 Å². The van der Waals surface area contributed by atoms with Gasteiger partial charge in [-0.15, -0.1) is 0 Å². The van der Waals surface area contributed by atoms with Gasteiger partial charge in [-0.25, -0.2) is 4.98 Å². The zero-order chi connectivity index (χ0) is 12.7. The Kier molecular flexibility index (Phi) is 2.54. The fraction of sp³-hybridized carbons (Fsp3) is 0.462. The average Bonchev–Trinajstić information content (AvgIpc) is 2.92. The summed E-state index contributed by atoms with van der Waals surface area (Å²) in [7, 11) is 0. The van der Waals surface area contributed by atoms with Gasteiger partial charge in [0.1, 0.15) is 5.82 Å². The number of nitro benzene ring substituents is 1. The number of nitro groups is 1. The number of aromatic amines is 1. The lowest BCUT2D eigenvalue weighted by Crippen LogP contribution is -2.03. The molecule has 3 rings (SSSR count). The lowest BCUT2D eigenvalue weighted by molar-refractivity contribution is -0.384. The Morgan fingerprint density at radius 2 is 2.28 bits per heavy atom. The monoisotopic (exact) mass is 245 g/mol. The number of rotatable bonds is 2. The van der Waals surface area contributed by atoms with E-state index in [1.807, 2.05) is 0 Å². The van der Waals surface area contributed by atoms with Gasteiger partial charge < -0.3 is 4.98 Å². The third kappa shape index (κ3) is 1.75. The van der Waals surface area contributed by atoms with Crippen LogP contribution in [-0.2, 0) is 0 Å². The van der Waals surface area contributed by atoms with E-state index >= 15 is 0 Å². The Bertz CT molecular complexity index is 605. The van der Waals surface area contributed by atoms with E-state index in [0.717, 1.165) is 23.3 Å². The molecule has 1 aliphatic rings. The second-order valence-electron chi connectivity index (χ2n) is 5.10. The third-order valence-electron chi connectivity index (χ3n) is 3.91. The Morgan fingerprint density at radius 3 is 2.94 bits per heavy atom. The van der Waals surface area contributed by atoms with Crippen LogP contribution in [0, 0.1) is 16.0 Å². The zero-order valence-corrected chi connectivity index (χ0v) is 10.2. The molecule has 0 radical (unpaired) electrons. The molecule has 0 saturated heterocycles. The number of hydrogen-bond acceptors (Lipinski definition) is 3. The minimum Gasteiger partial charge on any atom is -0.342 e. The maximum atomic E-state index is 10.7. The number of H-pyrrole nitrogens is 1. The molecular weight excluding hydrogens is 230 g/mol. The maximum absolute atomic E-state index is 10.7. The van der Waals surface area contributed by atoms with E-state index in [1.165, 1.54) is 18.9 Å². The predicted octanol–water partition coefficient (Wildman–Crippen LogP) is 3.37. The number of nitrogens with one attached hydrogen (secondary N) is 1. The van der Waals surface area contributed by atoms with Crippen molar-refractivity contribution in [3.63, 3.8) is 0 Å². The van der Waals surface area contributed by atoms with Crippen LogP contribution >= 0.6 is 0 Å². The summed E-state index contributed by atoms with van der Waals surface area (Å²) < 4.78 is 0. The van der Waals surface area contributed by atoms with Gasteiger partial charge in [-0.05, 0) is 24.8 Å². The number of benzene rings is 1. The molecule has 2 aromatic rings. The molecule has 1 fully saturated rings. The summed E-state index contributed by atoms with van der Waals surface area (Å²) in [4.78, 5) is 18.2. The van der Waals surface area contributed by atoms with E-state index in [0.29, 0.717) is 11.8 Å². The van der Waals surface area contributed by atoms with Crippen LogP contribution in [0.15, 0.2) is 18.2 Å². The van der Waals surface area contributed by atoms with Gasteiger partial charge in [-0.2, -0.15) is 0 Å². The van der Waals surface area contributed by atoms with Crippen molar-refractivity contribution < 1.29 is 4.92 Å². The lowest BCUT2D eigenvalue weighted by atomic mass is 9.98.